The Balaban J connectivity index is 1.27. The molecule has 5 rings (SSSR count). The average molecular weight is 441 g/mol. The van der Waals surface area contributed by atoms with Crippen molar-refractivity contribution in [3.05, 3.63) is 30.3 Å². The number of rotatable bonds is 4. The summed E-state index contributed by atoms with van der Waals surface area (Å²) in [5, 5.41) is 3.39. The lowest BCUT2D eigenvalue weighted by atomic mass is 9.85. The van der Waals surface area contributed by atoms with Crippen LogP contribution in [0.2, 0.25) is 0 Å². The first-order chi connectivity index (χ1) is 15.0. The molecule has 1 fully saturated rings. The Morgan fingerprint density at radius 2 is 2.06 bits per heavy atom. The first kappa shape index (κ1) is 19.6. The standard InChI is InChI=1S/C20H20FN7O2S/c1-30-19-25-16(22)15-17(26-19)28(9-23-15)12-5-2-10(3-6-12)18(29)27-20-24-13-7-4-11(21)8-14(13)31-20/h4,7-10,12H,2-3,5-6H2,1H3,(H2,22,25,26)(H,24,27,29). The van der Waals surface area contributed by atoms with Gasteiger partial charge >= 0.3 is 6.01 Å². The number of halogens is 1. The highest BCUT2D eigenvalue weighted by Gasteiger charge is 2.29. The number of amides is 1. The summed E-state index contributed by atoms with van der Waals surface area (Å²) in [5.41, 5.74) is 7.82. The molecule has 1 amide bonds. The molecule has 31 heavy (non-hydrogen) atoms. The highest BCUT2D eigenvalue weighted by atomic mass is 32.1. The smallest absolute Gasteiger partial charge is 0.320 e. The van der Waals surface area contributed by atoms with Crippen LogP contribution in [0.4, 0.5) is 15.3 Å². The highest BCUT2D eigenvalue weighted by molar-refractivity contribution is 7.22. The van der Waals surface area contributed by atoms with E-state index in [1.165, 1.54) is 30.6 Å². The van der Waals surface area contributed by atoms with Gasteiger partial charge in [0, 0.05) is 12.0 Å². The van der Waals surface area contributed by atoms with Crippen molar-refractivity contribution in [3.8, 4) is 6.01 Å². The number of hydrogen-bond donors (Lipinski definition) is 2. The van der Waals surface area contributed by atoms with E-state index in [0.717, 1.165) is 25.7 Å². The van der Waals surface area contributed by atoms with Crippen molar-refractivity contribution in [2.75, 3.05) is 18.2 Å². The third-order valence-electron chi connectivity index (χ3n) is 5.65. The molecule has 1 aliphatic carbocycles. The fourth-order valence-corrected chi connectivity index (χ4v) is 4.95. The van der Waals surface area contributed by atoms with Gasteiger partial charge in [-0.05, 0) is 43.9 Å². The van der Waals surface area contributed by atoms with Crippen molar-refractivity contribution in [1.82, 2.24) is 24.5 Å². The van der Waals surface area contributed by atoms with E-state index < -0.39 is 0 Å². The number of nitrogen functional groups attached to an aromatic ring is 1. The Labute approximate surface area is 180 Å². The molecule has 11 heteroatoms. The highest BCUT2D eigenvalue weighted by Crippen LogP contribution is 2.35. The molecule has 160 valence electrons. The molecule has 1 aromatic carbocycles. The molecule has 0 spiro atoms. The lowest BCUT2D eigenvalue weighted by Crippen LogP contribution is -2.28. The Morgan fingerprint density at radius 3 is 2.84 bits per heavy atom. The summed E-state index contributed by atoms with van der Waals surface area (Å²) >= 11 is 1.28. The molecule has 1 aliphatic rings. The SMILES string of the molecule is COc1nc(N)c2ncn(C3CCC(C(=O)Nc4nc5ccc(F)cc5s4)CC3)c2n1. The minimum atomic E-state index is -0.316. The van der Waals surface area contributed by atoms with E-state index in [4.69, 9.17) is 10.5 Å². The largest absolute Gasteiger partial charge is 0.467 e. The van der Waals surface area contributed by atoms with Gasteiger partial charge in [0.2, 0.25) is 5.91 Å². The second-order valence-electron chi connectivity index (χ2n) is 7.55. The molecular formula is C20H20FN7O2S. The maximum Gasteiger partial charge on any atom is 0.320 e. The molecule has 0 unspecified atom stereocenters. The molecule has 0 atom stereocenters. The monoisotopic (exact) mass is 441 g/mol. The fraction of sp³-hybridized carbons (Fsp3) is 0.350. The second-order valence-corrected chi connectivity index (χ2v) is 8.58. The van der Waals surface area contributed by atoms with Crippen LogP contribution in [0.1, 0.15) is 31.7 Å². The normalized spacial score (nSPS) is 19.0. The van der Waals surface area contributed by atoms with Gasteiger partial charge in [-0.1, -0.05) is 11.3 Å². The number of carbonyl (C=O) groups is 1. The van der Waals surface area contributed by atoms with Crippen molar-refractivity contribution < 1.29 is 13.9 Å². The Hall–Kier alpha value is -3.34. The van der Waals surface area contributed by atoms with E-state index >= 15 is 0 Å². The maximum absolute atomic E-state index is 13.4. The number of hydrogen-bond acceptors (Lipinski definition) is 8. The Morgan fingerprint density at radius 1 is 1.26 bits per heavy atom. The number of benzene rings is 1. The maximum atomic E-state index is 13.4. The molecule has 1 saturated carbocycles. The van der Waals surface area contributed by atoms with Crippen molar-refractivity contribution in [2.45, 2.75) is 31.7 Å². The van der Waals surface area contributed by atoms with Gasteiger partial charge in [-0.15, -0.1) is 0 Å². The second kappa shape index (κ2) is 7.73. The number of thiazole rings is 1. The van der Waals surface area contributed by atoms with Gasteiger partial charge in [0.15, 0.2) is 22.1 Å². The van der Waals surface area contributed by atoms with Crippen LogP contribution in [-0.4, -0.2) is 37.5 Å². The third-order valence-corrected chi connectivity index (χ3v) is 6.59. The number of nitrogens with one attached hydrogen (secondary N) is 1. The van der Waals surface area contributed by atoms with Crippen LogP contribution in [0.25, 0.3) is 21.4 Å². The fourth-order valence-electron chi connectivity index (χ4n) is 4.05. The van der Waals surface area contributed by atoms with Crippen LogP contribution in [0.5, 0.6) is 6.01 Å². The van der Waals surface area contributed by atoms with Crippen LogP contribution in [-0.2, 0) is 4.79 Å². The van der Waals surface area contributed by atoms with E-state index in [-0.39, 0.29) is 35.5 Å². The topological polar surface area (TPSA) is 121 Å². The number of ether oxygens (including phenoxy) is 1. The molecule has 0 aliphatic heterocycles. The number of fused-ring (bicyclic) bond motifs is 2. The number of nitrogens with zero attached hydrogens (tertiary/aromatic N) is 5. The zero-order valence-electron chi connectivity index (χ0n) is 16.7. The third kappa shape index (κ3) is 3.65. The van der Waals surface area contributed by atoms with Crippen LogP contribution < -0.4 is 15.8 Å². The zero-order valence-corrected chi connectivity index (χ0v) is 17.5. The summed E-state index contributed by atoms with van der Waals surface area (Å²) < 4.78 is 21.2. The summed E-state index contributed by atoms with van der Waals surface area (Å²) in [4.78, 5) is 29.9. The van der Waals surface area contributed by atoms with Gasteiger partial charge in [0.05, 0.1) is 23.7 Å². The average Bonchev–Trinajstić information content (AvgIpc) is 3.37. The van der Waals surface area contributed by atoms with Crippen molar-refractivity contribution >= 4 is 49.6 Å². The van der Waals surface area contributed by atoms with E-state index in [1.54, 1.807) is 12.4 Å². The van der Waals surface area contributed by atoms with Crippen molar-refractivity contribution in [1.29, 1.82) is 0 Å². The van der Waals surface area contributed by atoms with Gasteiger partial charge in [0.25, 0.3) is 0 Å². The van der Waals surface area contributed by atoms with E-state index in [1.807, 2.05) is 4.57 Å². The van der Waals surface area contributed by atoms with E-state index in [2.05, 4.69) is 25.3 Å². The molecule has 4 aromatic rings. The van der Waals surface area contributed by atoms with Gasteiger partial charge in [-0.25, -0.2) is 14.4 Å². The first-order valence-electron chi connectivity index (χ1n) is 9.93. The van der Waals surface area contributed by atoms with Gasteiger partial charge in [-0.2, -0.15) is 9.97 Å². The molecule has 3 heterocycles. The van der Waals surface area contributed by atoms with E-state index in [9.17, 15) is 9.18 Å². The van der Waals surface area contributed by atoms with Crippen LogP contribution in [0, 0.1) is 11.7 Å². The number of aromatic nitrogens is 5. The number of anilines is 2. The predicted molar refractivity (Wildman–Crippen MR) is 115 cm³/mol. The first-order valence-corrected chi connectivity index (χ1v) is 10.7. The van der Waals surface area contributed by atoms with Crippen molar-refractivity contribution in [2.24, 2.45) is 5.92 Å². The predicted octanol–water partition coefficient (Wildman–Crippen LogP) is 3.54. The minimum absolute atomic E-state index is 0.0540. The Bertz CT molecular complexity index is 1280. The van der Waals surface area contributed by atoms with Gasteiger partial charge in [-0.3, -0.25) is 4.79 Å². The lowest BCUT2D eigenvalue weighted by molar-refractivity contribution is -0.120. The summed E-state index contributed by atoms with van der Waals surface area (Å²) in [5.74, 6) is -0.195. The lowest BCUT2D eigenvalue weighted by Gasteiger charge is -2.28. The molecular weight excluding hydrogens is 421 g/mol. The molecule has 0 bridgehead atoms. The quantitative estimate of drug-likeness (QED) is 0.497. The molecule has 0 saturated heterocycles. The van der Waals surface area contributed by atoms with Crippen LogP contribution >= 0.6 is 11.3 Å². The Kier molecular flexibility index (Phi) is 4.89. The molecule has 9 nitrogen and oxygen atoms in total. The number of imidazole rings is 1. The summed E-state index contributed by atoms with van der Waals surface area (Å²) in [6, 6.07) is 4.77. The van der Waals surface area contributed by atoms with Crippen molar-refractivity contribution in [3.63, 3.8) is 0 Å². The minimum Gasteiger partial charge on any atom is -0.467 e. The van der Waals surface area contributed by atoms with Crippen LogP contribution in [0.3, 0.4) is 0 Å². The number of nitrogens with two attached hydrogens (primary N) is 1. The van der Waals surface area contributed by atoms with E-state index in [0.29, 0.717) is 26.5 Å². The number of carbonyl (C=O) groups excluding carboxylic acids is 1. The van der Waals surface area contributed by atoms with Crippen LogP contribution in [0.15, 0.2) is 24.5 Å². The molecule has 3 N–H and O–H groups in total. The molecule has 3 aromatic heterocycles. The van der Waals surface area contributed by atoms with Gasteiger partial charge in [0.1, 0.15) is 5.82 Å². The summed E-state index contributed by atoms with van der Waals surface area (Å²) in [6.45, 7) is 0. The van der Waals surface area contributed by atoms with Gasteiger partial charge < -0.3 is 20.4 Å². The summed E-state index contributed by atoms with van der Waals surface area (Å²) in [7, 11) is 1.49. The summed E-state index contributed by atoms with van der Waals surface area (Å²) in [6.07, 6.45) is 4.79. The molecule has 0 radical (unpaired) electrons. The zero-order chi connectivity index (χ0) is 21.5. The number of methoxy groups -OCH3 is 1.